The van der Waals surface area contributed by atoms with Crippen molar-refractivity contribution in [3.05, 3.63) is 88.9 Å². The zero-order chi connectivity index (χ0) is 17.1. The van der Waals surface area contributed by atoms with Crippen molar-refractivity contribution in [2.75, 3.05) is 5.32 Å². The van der Waals surface area contributed by atoms with Crippen molar-refractivity contribution in [1.29, 1.82) is 0 Å². The lowest BCUT2D eigenvalue weighted by Crippen LogP contribution is -2.22. The van der Waals surface area contributed by atoms with E-state index in [1.54, 1.807) is 0 Å². The first kappa shape index (κ1) is 15.8. The average molecular weight is 393 g/mol. The van der Waals surface area contributed by atoms with Gasteiger partial charge in [0, 0.05) is 16.6 Å². The molecule has 25 heavy (non-hydrogen) atoms. The third-order valence-electron chi connectivity index (χ3n) is 4.15. The maximum atomic E-state index is 4.41. The number of hydrogen-bond acceptors (Lipinski definition) is 3. The van der Waals surface area contributed by atoms with Gasteiger partial charge in [0.1, 0.15) is 11.7 Å². The van der Waals surface area contributed by atoms with E-state index in [4.69, 9.17) is 0 Å². The zero-order valence-corrected chi connectivity index (χ0v) is 15.1. The Balaban J connectivity index is 1.74. The normalized spacial score (nSPS) is 12.2. The Kier molecular flexibility index (Phi) is 4.48. The van der Waals surface area contributed by atoms with Crippen LogP contribution in [0, 0.1) is 0 Å². The molecule has 0 saturated heterocycles. The predicted octanol–water partition coefficient (Wildman–Crippen LogP) is 5.05. The number of fused-ring (bicyclic) bond motifs is 1. The molecule has 0 radical (unpaired) electrons. The van der Waals surface area contributed by atoms with Crippen molar-refractivity contribution in [1.82, 2.24) is 15.0 Å². The summed E-state index contributed by atoms with van der Waals surface area (Å²) in [6.45, 7) is 0. The van der Waals surface area contributed by atoms with Crippen LogP contribution in [0.5, 0.6) is 0 Å². The van der Waals surface area contributed by atoms with Crippen LogP contribution in [0.2, 0.25) is 0 Å². The minimum atomic E-state index is -0.0477. The Hall–Kier alpha value is -2.66. The second-order valence-corrected chi connectivity index (χ2v) is 6.70. The molecule has 124 valence electrons. The first-order chi connectivity index (χ1) is 12.3. The molecule has 0 amide bonds. The monoisotopic (exact) mass is 392 g/mol. The van der Waals surface area contributed by atoms with Crippen molar-refractivity contribution >= 4 is 32.7 Å². The Morgan fingerprint density at radius 3 is 2.44 bits per heavy atom. The average Bonchev–Trinajstić information content (AvgIpc) is 3.08. The van der Waals surface area contributed by atoms with Gasteiger partial charge in [0.05, 0.1) is 5.52 Å². The number of halogens is 1. The fourth-order valence-corrected chi connectivity index (χ4v) is 3.36. The zero-order valence-electron chi connectivity index (χ0n) is 13.5. The first-order valence-corrected chi connectivity index (χ1v) is 8.95. The van der Waals surface area contributed by atoms with E-state index in [0.29, 0.717) is 0 Å². The molecular weight excluding hydrogens is 376 g/mol. The topological polar surface area (TPSA) is 42.7 Å². The molecule has 1 atom stereocenters. The van der Waals surface area contributed by atoms with Gasteiger partial charge in [0.25, 0.3) is 0 Å². The Morgan fingerprint density at radius 2 is 1.60 bits per heavy atom. The van der Waals surface area contributed by atoms with Crippen LogP contribution in [-0.2, 0) is 6.42 Å². The number of nitrogens with zero attached hydrogens (tertiary/aromatic N) is 3. The molecule has 1 heterocycles. The van der Waals surface area contributed by atoms with E-state index in [2.05, 4.69) is 68.0 Å². The van der Waals surface area contributed by atoms with E-state index >= 15 is 0 Å². The van der Waals surface area contributed by atoms with Crippen molar-refractivity contribution in [3.63, 3.8) is 0 Å². The highest BCUT2D eigenvalue weighted by Gasteiger charge is 2.17. The van der Waals surface area contributed by atoms with E-state index in [-0.39, 0.29) is 6.17 Å². The van der Waals surface area contributed by atoms with Gasteiger partial charge in [0.15, 0.2) is 0 Å². The van der Waals surface area contributed by atoms with E-state index in [0.717, 1.165) is 27.6 Å². The molecule has 4 aromatic rings. The molecule has 0 aliphatic carbocycles. The maximum absolute atomic E-state index is 4.41. The van der Waals surface area contributed by atoms with E-state index in [1.165, 1.54) is 5.56 Å². The summed E-state index contributed by atoms with van der Waals surface area (Å²) in [7, 11) is 0. The second-order valence-electron chi connectivity index (χ2n) is 5.84. The molecule has 0 fully saturated rings. The van der Waals surface area contributed by atoms with Gasteiger partial charge in [0.2, 0.25) is 0 Å². The lowest BCUT2D eigenvalue weighted by Gasteiger charge is -2.21. The van der Waals surface area contributed by atoms with Crippen LogP contribution in [0.4, 0.5) is 5.69 Å². The van der Waals surface area contributed by atoms with Crippen LogP contribution in [0.3, 0.4) is 0 Å². The highest BCUT2D eigenvalue weighted by molar-refractivity contribution is 9.10. The van der Waals surface area contributed by atoms with E-state index in [1.807, 2.05) is 47.1 Å². The van der Waals surface area contributed by atoms with Crippen LogP contribution in [0.25, 0.3) is 11.0 Å². The molecule has 0 aliphatic rings. The van der Waals surface area contributed by atoms with Gasteiger partial charge in [-0.05, 0) is 35.9 Å². The summed E-state index contributed by atoms with van der Waals surface area (Å²) in [4.78, 5) is 0. The number of aromatic nitrogens is 3. The molecule has 1 unspecified atom stereocenters. The maximum Gasteiger partial charge on any atom is 0.127 e. The predicted molar refractivity (Wildman–Crippen MR) is 104 cm³/mol. The van der Waals surface area contributed by atoms with Crippen molar-refractivity contribution < 1.29 is 0 Å². The summed E-state index contributed by atoms with van der Waals surface area (Å²) < 4.78 is 3.06. The molecule has 4 rings (SSSR count). The van der Waals surface area contributed by atoms with E-state index in [9.17, 15) is 0 Å². The first-order valence-electron chi connectivity index (χ1n) is 8.16. The quantitative estimate of drug-likeness (QED) is 0.516. The Labute approximate surface area is 154 Å². The number of anilines is 1. The Morgan fingerprint density at radius 1 is 0.880 bits per heavy atom. The highest BCUT2D eigenvalue weighted by Crippen LogP contribution is 2.25. The van der Waals surface area contributed by atoms with Crippen molar-refractivity contribution in [3.8, 4) is 0 Å². The molecule has 1 N–H and O–H groups in total. The minimum Gasteiger partial charge on any atom is -0.363 e. The summed E-state index contributed by atoms with van der Waals surface area (Å²) in [5.41, 5.74) is 4.19. The molecule has 5 heteroatoms. The molecule has 0 bridgehead atoms. The number of para-hydroxylation sites is 2. The van der Waals surface area contributed by atoms with Gasteiger partial charge in [-0.25, -0.2) is 4.68 Å². The fourth-order valence-electron chi connectivity index (χ4n) is 2.91. The third kappa shape index (κ3) is 3.42. The molecular formula is C20H17BrN4. The Bertz CT molecular complexity index is 981. The summed E-state index contributed by atoms with van der Waals surface area (Å²) in [5.74, 6) is 0. The lowest BCUT2D eigenvalue weighted by atomic mass is 10.1. The smallest absolute Gasteiger partial charge is 0.127 e. The van der Waals surface area contributed by atoms with Crippen LogP contribution in [-0.4, -0.2) is 15.0 Å². The second kappa shape index (κ2) is 7.07. The van der Waals surface area contributed by atoms with Crippen LogP contribution >= 0.6 is 15.9 Å². The molecule has 0 spiro atoms. The van der Waals surface area contributed by atoms with Crippen LogP contribution in [0.15, 0.2) is 83.3 Å². The van der Waals surface area contributed by atoms with Gasteiger partial charge < -0.3 is 5.32 Å². The number of benzene rings is 3. The van der Waals surface area contributed by atoms with Crippen LogP contribution in [0.1, 0.15) is 11.7 Å². The molecule has 4 nitrogen and oxygen atoms in total. The SMILES string of the molecule is Brc1ccccc1CC(Nc1ccccc1)n1nnc2ccccc21. The van der Waals surface area contributed by atoms with Crippen molar-refractivity contribution in [2.45, 2.75) is 12.6 Å². The fraction of sp³-hybridized carbons (Fsp3) is 0.100. The van der Waals surface area contributed by atoms with Gasteiger partial charge in [-0.2, -0.15) is 0 Å². The summed E-state index contributed by atoms with van der Waals surface area (Å²) in [5, 5.41) is 12.3. The standard InChI is InChI=1S/C20H17BrN4/c21-17-11-5-4-8-15(17)14-20(22-16-9-2-1-3-10-16)25-19-13-7-6-12-18(19)23-24-25/h1-13,20,22H,14H2. The highest BCUT2D eigenvalue weighted by atomic mass is 79.9. The van der Waals surface area contributed by atoms with Crippen molar-refractivity contribution in [2.24, 2.45) is 0 Å². The lowest BCUT2D eigenvalue weighted by molar-refractivity contribution is 0.500. The summed E-state index contributed by atoms with van der Waals surface area (Å²) in [6, 6.07) is 26.5. The number of hydrogen-bond donors (Lipinski definition) is 1. The van der Waals surface area contributed by atoms with Gasteiger partial charge >= 0.3 is 0 Å². The van der Waals surface area contributed by atoms with Gasteiger partial charge in [-0.3, -0.25) is 0 Å². The summed E-state index contributed by atoms with van der Waals surface area (Å²) >= 11 is 3.65. The van der Waals surface area contributed by atoms with Gasteiger partial charge in [-0.15, -0.1) is 5.10 Å². The van der Waals surface area contributed by atoms with Gasteiger partial charge in [-0.1, -0.05) is 69.7 Å². The largest absolute Gasteiger partial charge is 0.363 e. The number of rotatable bonds is 5. The van der Waals surface area contributed by atoms with Crippen LogP contribution < -0.4 is 5.32 Å². The van der Waals surface area contributed by atoms with E-state index < -0.39 is 0 Å². The third-order valence-corrected chi connectivity index (χ3v) is 4.92. The number of nitrogens with one attached hydrogen (secondary N) is 1. The molecule has 1 aromatic heterocycles. The molecule has 0 aliphatic heterocycles. The molecule has 0 saturated carbocycles. The summed E-state index contributed by atoms with van der Waals surface area (Å²) in [6.07, 6.45) is 0.734. The molecule has 3 aromatic carbocycles. The minimum absolute atomic E-state index is 0.0477.